The van der Waals surface area contributed by atoms with Gasteiger partial charge in [0.05, 0.1) is 0 Å². The molecule has 2 N–H and O–H groups in total. The van der Waals surface area contributed by atoms with Crippen LogP contribution in [-0.4, -0.2) is 41.4 Å². The molecule has 6 heteroatoms. The Morgan fingerprint density at radius 1 is 1.20 bits per heavy atom. The highest BCUT2D eigenvalue weighted by atomic mass is 16.2. The molecule has 1 aromatic carbocycles. The highest BCUT2D eigenvalue weighted by Gasteiger charge is 2.39. The van der Waals surface area contributed by atoms with Crippen molar-refractivity contribution in [2.75, 3.05) is 6.54 Å². The quantitative estimate of drug-likeness (QED) is 0.708. The second-order valence-electron chi connectivity index (χ2n) is 7.05. The fourth-order valence-electron chi connectivity index (χ4n) is 2.92. The van der Waals surface area contributed by atoms with E-state index in [-0.39, 0.29) is 24.4 Å². The van der Waals surface area contributed by atoms with Crippen molar-refractivity contribution in [1.82, 2.24) is 15.5 Å². The molecule has 1 heterocycles. The van der Waals surface area contributed by atoms with Crippen LogP contribution in [0.25, 0.3) is 0 Å². The van der Waals surface area contributed by atoms with Gasteiger partial charge in [-0.05, 0) is 37.7 Å². The average Bonchev–Trinajstić information content (AvgIpc) is 2.81. The van der Waals surface area contributed by atoms with Crippen molar-refractivity contribution in [3.05, 3.63) is 35.9 Å². The van der Waals surface area contributed by atoms with Crippen LogP contribution in [-0.2, 0) is 16.0 Å². The van der Waals surface area contributed by atoms with Crippen molar-refractivity contribution in [3.8, 4) is 0 Å². The minimum absolute atomic E-state index is 0.0278. The first kappa shape index (κ1) is 19.0. The summed E-state index contributed by atoms with van der Waals surface area (Å²) in [7, 11) is 0. The van der Waals surface area contributed by atoms with Crippen molar-refractivity contribution in [2.45, 2.75) is 52.1 Å². The van der Waals surface area contributed by atoms with Crippen LogP contribution < -0.4 is 10.6 Å². The van der Waals surface area contributed by atoms with E-state index in [0.717, 1.165) is 17.7 Å². The maximum atomic E-state index is 12.2. The van der Waals surface area contributed by atoms with Gasteiger partial charge in [0.25, 0.3) is 5.91 Å². The first-order valence-electron chi connectivity index (χ1n) is 8.82. The molecule has 0 aliphatic carbocycles. The second-order valence-corrected chi connectivity index (χ2v) is 7.05. The Kier molecular flexibility index (Phi) is 6.56. The number of nitrogens with zero attached hydrogens (tertiary/aromatic N) is 1. The molecule has 1 fully saturated rings. The van der Waals surface area contributed by atoms with Crippen LogP contribution in [0.15, 0.2) is 30.3 Å². The zero-order chi connectivity index (χ0) is 18.4. The maximum Gasteiger partial charge on any atom is 0.325 e. The third kappa shape index (κ3) is 5.59. The molecule has 0 spiro atoms. The number of hydrogen-bond acceptors (Lipinski definition) is 3. The highest BCUT2D eigenvalue weighted by molar-refractivity contribution is 6.06. The van der Waals surface area contributed by atoms with Gasteiger partial charge in [0, 0.05) is 6.04 Å². The summed E-state index contributed by atoms with van der Waals surface area (Å²) in [6.45, 7) is 5.68. The van der Waals surface area contributed by atoms with Gasteiger partial charge < -0.3 is 10.6 Å². The molecule has 1 aromatic rings. The number of aryl methyl sites for hydroxylation is 1. The van der Waals surface area contributed by atoms with Crippen molar-refractivity contribution >= 4 is 17.8 Å². The van der Waals surface area contributed by atoms with Crippen molar-refractivity contribution in [3.63, 3.8) is 0 Å². The van der Waals surface area contributed by atoms with Crippen LogP contribution in [0.1, 0.15) is 39.2 Å². The fourth-order valence-corrected chi connectivity index (χ4v) is 2.92. The number of carbonyl (C=O) groups excluding carboxylic acids is 3. The highest BCUT2D eigenvalue weighted by Crippen LogP contribution is 2.14. The van der Waals surface area contributed by atoms with Crippen molar-refractivity contribution in [1.29, 1.82) is 0 Å². The summed E-state index contributed by atoms with van der Waals surface area (Å²) in [6.07, 6.45) is 2.24. The van der Waals surface area contributed by atoms with E-state index in [1.807, 2.05) is 39.0 Å². The lowest BCUT2D eigenvalue weighted by atomic mass is 10.0. The van der Waals surface area contributed by atoms with Crippen LogP contribution in [0.2, 0.25) is 0 Å². The Hall–Kier alpha value is -2.37. The molecular weight excluding hydrogens is 318 g/mol. The Balaban J connectivity index is 1.79. The summed E-state index contributed by atoms with van der Waals surface area (Å²) >= 11 is 0. The van der Waals surface area contributed by atoms with Gasteiger partial charge in [0.2, 0.25) is 5.91 Å². The Morgan fingerprint density at radius 3 is 2.52 bits per heavy atom. The number of benzene rings is 1. The molecule has 136 valence electrons. The van der Waals surface area contributed by atoms with E-state index < -0.39 is 12.1 Å². The first-order valence-corrected chi connectivity index (χ1v) is 8.82. The van der Waals surface area contributed by atoms with E-state index in [9.17, 15) is 14.4 Å². The predicted molar refractivity (Wildman–Crippen MR) is 95.9 cm³/mol. The number of hydrogen-bond donors (Lipinski definition) is 2. The number of carbonyl (C=O) groups is 3. The standard InChI is InChI=1S/C19H27N3O3/c1-13(2)11-16-18(24)22(19(25)21-16)12-17(23)20-14(3)9-10-15-7-5-4-6-8-15/h4-8,13-14,16H,9-12H2,1-3H3,(H,20,23)(H,21,25). The lowest BCUT2D eigenvalue weighted by molar-refractivity contribution is -0.132. The zero-order valence-electron chi connectivity index (χ0n) is 15.1. The van der Waals surface area contributed by atoms with Crippen LogP contribution in [0, 0.1) is 5.92 Å². The molecule has 2 unspecified atom stereocenters. The third-order valence-corrected chi connectivity index (χ3v) is 4.23. The number of nitrogens with one attached hydrogen (secondary N) is 2. The number of rotatable bonds is 8. The Labute approximate surface area is 149 Å². The minimum Gasteiger partial charge on any atom is -0.352 e. The summed E-state index contributed by atoms with van der Waals surface area (Å²) in [5, 5.41) is 5.51. The predicted octanol–water partition coefficient (Wildman–Crippen LogP) is 2.09. The first-order chi connectivity index (χ1) is 11.9. The van der Waals surface area contributed by atoms with Gasteiger partial charge >= 0.3 is 6.03 Å². The zero-order valence-corrected chi connectivity index (χ0v) is 15.1. The van der Waals surface area contributed by atoms with E-state index in [1.54, 1.807) is 0 Å². The molecule has 4 amide bonds. The summed E-state index contributed by atoms with van der Waals surface area (Å²) in [4.78, 5) is 37.3. The number of urea groups is 1. The van der Waals surface area contributed by atoms with Crippen LogP contribution in [0.4, 0.5) is 4.79 Å². The molecule has 0 saturated carbocycles. The molecule has 25 heavy (non-hydrogen) atoms. The SMILES string of the molecule is CC(C)CC1NC(=O)N(CC(=O)NC(C)CCc2ccccc2)C1=O. The van der Waals surface area contributed by atoms with Crippen LogP contribution >= 0.6 is 0 Å². The molecule has 1 aliphatic rings. The number of imide groups is 1. The van der Waals surface area contributed by atoms with Gasteiger partial charge in [-0.25, -0.2) is 4.79 Å². The average molecular weight is 345 g/mol. The summed E-state index contributed by atoms with van der Waals surface area (Å²) < 4.78 is 0. The molecule has 6 nitrogen and oxygen atoms in total. The molecule has 0 bridgehead atoms. The van der Waals surface area contributed by atoms with Crippen molar-refractivity contribution in [2.24, 2.45) is 5.92 Å². The van der Waals surface area contributed by atoms with E-state index in [0.29, 0.717) is 12.3 Å². The van der Waals surface area contributed by atoms with E-state index in [4.69, 9.17) is 0 Å². The largest absolute Gasteiger partial charge is 0.352 e. The topological polar surface area (TPSA) is 78.5 Å². The van der Waals surface area contributed by atoms with Gasteiger partial charge in [-0.1, -0.05) is 44.2 Å². The van der Waals surface area contributed by atoms with Crippen LogP contribution in [0.5, 0.6) is 0 Å². The maximum absolute atomic E-state index is 12.2. The van der Waals surface area contributed by atoms with Gasteiger partial charge in [0.1, 0.15) is 12.6 Å². The molecule has 2 rings (SSSR count). The lowest BCUT2D eigenvalue weighted by Gasteiger charge is -2.17. The third-order valence-electron chi connectivity index (χ3n) is 4.23. The molecule has 2 atom stereocenters. The Bertz CT molecular complexity index is 616. The molecule has 0 radical (unpaired) electrons. The van der Waals surface area contributed by atoms with Gasteiger partial charge in [0.15, 0.2) is 0 Å². The molecule has 1 saturated heterocycles. The van der Waals surface area contributed by atoms with E-state index in [1.165, 1.54) is 5.56 Å². The smallest absolute Gasteiger partial charge is 0.325 e. The molecule has 0 aromatic heterocycles. The Morgan fingerprint density at radius 2 is 1.88 bits per heavy atom. The van der Waals surface area contributed by atoms with Crippen LogP contribution in [0.3, 0.4) is 0 Å². The summed E-state index contributed by atoms with van der Waals surface area (Å²) in [5.74, 6) is -0.332. The normalized spacial score (nSPS) is 18.4. The summed E-state index contributed by atoms with van der Waals surface area (Å²) in [6, 6.07) is 9.03. The van der Waals surface area contributed by atoms with Gasteiger partial charge in [-0.3, -0.25) is 14.5 Å². The van der Waals surface area contributed by atoms with Crippen molar-refractivity contribution < 1.29 is 14.4 Å². The lowest BCUT2D eigenvalue weighted by Crippen LogP contribution is -2.44. The van der Waals surface area contributed by atoms with E-state index in [2.05, 4.69) is 22.8 Å². The molecular formula is C19H27N3O3. The van der Waals surface area contributed by atoms with E-state index >= 15 is 0 Å². The summed E-state index contributed by atoms with van der Waals surface area (Å²) in [5.41, 5.74) is 1.22. The van der Waals surface area contributed by atoms with Gasteiger partial charge in [-0.15, -0.1) is 0 Å². The van der Waals surface area contributed by atoms with Gasteiger partial charge in [-0.2, -0.15) is 0 Å². The fraction of sp³-hybridized carbons (Fsp3) is 0.526. The minimum atomic E-state index is -0.518. The number of amides is 4. The molecule has 1 aliphatic heterocycles. The second kappa shape index (κ2) is 8.65. The monoisotopic (exact) mass is 345 g/mol.